The third-order valence-corrected chi connectivity index (χ3v) is 2.65. The number of hydrogen-bond donors (Lipinski definition) is 1. The fourth-order valence-corrected chi connectivity index (χ4v) is 1.80. The van der Waals surface area contributed by atoms with Gasteiger partial charge in [-0.2, -0.15) is 0 Å². The van der Waals surface area contributed by atoms with Crippen molar-refractivity contribution < 1.29 is 0 Å². The zero-order valence-corrected chi connectivity index (χ0v) is 8.87. The predicted octanol–water partition coefficient (Wildman–Crippen LogP) is 2.84. The highest BCUT2D eigenvalue weighted by molar-refractivity contribution is 6.30. The van der Waals surface area contributed by atoms with Crippen molar-refractivity contribution in [2.45, 2.75) is 12.3 Å². The van der Waals surface area contributed by atoms with Crippen LogP contribution in [0.5, 0.6) is 0 Å². The van der Waals surface area contributed by atoms with E-state index in [1.54, 1.807) is 0 Å². The van der Waals surface area contributed by atoms with Gasteiger partial charge in [0, 0.05) is 11.6 Å². The van der Waals surface area contributed by atoms with Gasteiger partial charge < -0.3 is 5.32 Å². The molecule has 0 saturated carbocycles. The van der Waals surface area contributed by atoms with E-state index in [9.17, 15) is 0 Å². The summed E-state index contributed by atoms with van der Waals surface area (Å²) in [7, 11) is 0. The molecule has 0 unspecified atom stereocenters. The first-order valence-electron chi connectivity index (χ1n) is 4.32. The van der Waals surface area contributed by atoms with Gasteiger partial charge in [-0.1, -0.05) is 23.7 Å². The molecule has 1 N–H and O–H groups in total. The fourth-order valence-electron chi connectivity index (χ4n) is 1.67. The molecule has 72 valence electrons. The molecule has 0 amide bonds. The highest BCUT2D eigenvalue weighted by atomic mass is 35.5. The Bertz CT molecular complexity index is 252. The second-order valence-electron chi connectivity index (χ2n) is 3.24. The van der Waals surface area contributed by atoms with Crippen molar-refractivity contribution in [2.24, 2.45) is 0 Å². The smallest absolute Gasteiger partial charge is 0.0406 e. The number of nitrogens with one attached hydrogen (secondary N) is 1. The Hall–Kier alpha value is -0.240. The summed E-state index contributed by atoms with van der Waals surface area (Å²) in [4.78, 5) is 0. The summed E-state index contributed by atoms with van der Waals surface area (Å²) in [6.07, 6.45) is 1.25. The first kappa shape index (κ1) is 10.8. The second kappa shape index (κ2) is 4.85. The second-order valence-corrected chi connectivity index (χ2v) is 3.68. The number of halogens is 2. The average molecular weight is 218 g/mol. The van der Waals surface area contributed by atoms with Crippen LogP contribution in [-0.2, 0) is 0 Å². The van der Waals surface area contributed by atoms with Crippen molar-refractivity contribution in [3.8, 4) is 0 Å². The van der Waals surface area contributed by atoms with Crippen molar-refractivity contribution in [1.82, 2.24) is 5.32 Å². The minimum absolute atomic E-state index is 0. The zero-order chi connectivity index (χ0) is 8.39. The maximum atomic E-state index is 5.80. The predicted molar refractivity (Wildman–Crippen MR) is 58.9 cm³/mol. The molecule has 1 fully saturated rings. The molecule has 1 saturated heterocycles. The lowest BCUT2D eigenvalue weighted by atomic mass is 9.99. The Kier molecular flexibility index (Phi) is 4.04. The summed E-state index contributed by atoms with van der Waals surface area (Å²) in [5, 5.41) is 4.18. The van der Waals surface area contributed by atoms with Gasteiger partial charge in [-0.15, -0.1) is 12.4 Å². The number of benzene rings is 1. The van der Waals surface area contributed by atoms with Crippen LogP contribution in [0.1, 0.15) is 17.9 Å². The van der Waals surface area contributed by atoms with Crippen LogP contribution in [0.4, 0.5) is 0 Å². The van der Waals surface area contributed by atoms with Gasteiger partial charge in [0.2, 0.25) is 0 Å². The van der Waals surface area contributed by atoms with E-state index in [2.05, 4.69) is 17.4 Å². The molecule has 0 radical (unpaired) electrons. The van der Waals surface area contributed by atoms with Crippen LogP contribution in [0.2, 0.25) is 5.02 Å². The largest absolute Gasteiger partial charge is 0.316 e. The highest BCUT2D eigenvalue weighted by Gasteiger charge is 2.15. The highest BCUT2D eigenvalue weighted by Crippen LogP contribution is 2.23. The molecule has 1 atom stereocenters. The van der Waals surface area contributed by atoms with E-state index in [1.807, 2.05) is 12.1 Å². The van der Waals surface area contributed by atoms with Crippen LogP contribution in [-0.4, -0.2) is 13.1 Å². The lowest BCUT2D eigenvalue weighted by Crippen LogP contribution is -2.07. The molecule has 1 nitrogen and oxygen atoms in total. The molecule has 0 spiro atoms. The van der Waals surface area contributed by atoms with E-state index in [0.29, 0.717) is 5.92 Å². The topological polar surface area (TPSA) is 12.0 Å². The molecule has 1 aromatic carbocycles. The SMILES string of the molecule is Cl.Clc1ccc([C@@H]2CCNC2)cc1. The van der Waals surface area contributed by atoms with Crippen molar-refractivity contribution in [2.75, 3.05) is 13.1 Å². The molecule has 0 aliphatic carbocycles. The summed E-state index contributed by atoms with van der Waals surface area (Å²) >= 11 is 5.80. The van der Waals surface area contributed by atoms with Gasteiger partial charge in [0.15, 0.2) is 0 Å². The summed E-state index contributed by atoms with van der Waals surface area (Å²) in [5.74, 6) is 0.697. The Morgan fingerprint density at radius 2 is 1.92 bits per heavy atom. The van der Waals surface area contributed by atoms with Crippen LogP contribution >= 0.6 is 24.0 Å². The van der Waals surface area contributed by atoms with Crippen molar-refractivity contribution in [1.29, 1.82) is 0 Å². The van der Waals surface area contributed by atoms with E-state index >= 15 is 0 Å². The van der Waals surface area contributed by atoms with Gasteiger partial charge >= 0.3 is 0 Å². The van der Waals surface area contributed by atoms with Gasteiger partial charge in [-0.25, -0.2) is 0 Å². The molecule has 1 aliphatic rings. The van der Waals surface area contributed by atoms with Gasteiger partial charge in [-0.05, 0) is 36.6 Å². The lowest BCUT2D eigenvalue weighted by molar-refractivity contribution is 0.763. The van der Waals surface area contributed by atoms with Gasteiger partial charge in [0.25, 0.3) is 0 Å². The van der Waals surface area contributed by atoms with Gasteiger partial charge in [0.1, 0.15) is 0 Å². The number of rotatable bonds is 1. The maximum absolute atomic E-state index is 5.80. The minimum Gasteiger partial charge on any atom is -0.316 e. The monoisotopic (exact) mass is 217 g/mol. The Morgan fingerprint density at radius 3 is 2.46 bits per heavy atom. The Labute approximate surface area is 89.9 Å². The van der Waals surface area contributed by atoms with Crippen LogP contribution in [0.25, 0.3) is 0 Å². The summed E-state index contributed by atoms with van der Waals surface area (Å²) < 4.78 is 0. The molecule has 1 aliphatic heterocycles. The zero-order valence-electron chi connectivity index (χ0n) is 7.29. The molecule has 0 aromatic heterocycles. The molecule has 2 rings (SSSR count). The average Bonchev–Trinajstić information content (AvgIpc) is 2.58. The number of hydrogen-bond acceptors (Lipinski definition) is 1. The maximum Gasteiger partial charge on any atom is 0.0406 e. The fraction of sp³-hybridized carbons (Fsp3) is 0.400. The quantitative estimate of drug-likeness (QED) is 0.764. The van der Waals surface area contributed by atoms with Crippen molar-refractivity contribution in [3.05, 3.63) is 34.9 Å². The summed E-state index contributed by atoms with van der Waals surface area (Å²) in [5.41, 5.74) is 1.41. The normalized spacial score (nSPS) is 21.2. The molecular formula is C10H13Cl2N. The van der Waals surface area contributed by atoms with Crippen LogP contribution in [0, 0.1) is 0 Å². The molecular weight excluding hydrogens is 205 g/mol. The first-order chi connectivity index (χ1) is 5.86. The van der Waals surface area contributed by atoms with E-state index in [1.165, 1.54) is 12.0 Å². The molecule has 1 heterocycles. The summed E-state index contributed by atoms with van der Waals surface area (Å²) in [6, 6.07) is 8.18. The van der Waals surface area contributed by atoms with Crippen molar-refractivity contribution in [3.63, 3.8) is 0 Å². The van der Waals surface area contributed by atoms with E-state index in [-0.39, 0.29) is 12.4 Å². The minimum atomic E-state index is 0. The molecule has 1 aromatic rings. The Balaban J connectivity index is 0.000000845. The van der Waals surface area contributed by atoms with Crippen LogP contribution in [0.3, 0.4) is 0 Å². The van der Waals surface area contributed by atoms with E-state index in [4.69, 9.17) is 11.6 Å². The standard InChI is InChI=1S/C10H12ClN.ClH/c11-10-3-1-8(2-4-10)9-5-6-12-7-9;/h1-4,9,12H,5-7H2;1H/t9-;/m1./s1. The van der Waals surface area contributed by atoms with Gasteiger partial charge in [0.05, 0.1) is 0 Å². The van der Waals surface area contributed by atoms with Crippen LogP contribution in [0.15, 0.2) is 24.3 Å². The Morgan fingerprint density at radius 1 is 1.23 bits per heavy atom. The molecule has 13 heavy (non-hydrogen) atoms. The van der Waals surface area contributed by atoms with E-state index < -0.39 is 0 Å². The third kappa shape index (κ3) is 2.60. The first-order valence-corrected chi connectivity index (χ1v) is 4.70. The summed E-state index contributed by atoms with van der Waals surface area (Å²) in [6.45, 7) is 2.26. The van der Waals surface area contributed by atoms with Crippen molar-refractivity contribution >= 4 is 24.0 Å². The van der Waals surface area contributed by atoms with Crippen LogP contribution < -0.4 is 5.32 Å². The van der Waals surface area contributed by atoms with E-state index in [0.717, 1.165) is 18.1 Å². The van der Waals surface area contributed by atoms with Gasteiger partial charge in [-0.3, -0.25) is 0 Å². The molecule has 3 heteroatoms. The lowest BCUT2D eigenvalue weighted by Gasteiger charge is -2.07. The molecule has 0 bridgehead atoms. The third-order valence-electron chi connectivity index (χ3n) is 2.40.